The molecule has 1 aliphatic heterocycles. The molecule has 0 radical (unpaired) electrons. The van der Waals surface area contributed by atoms with E-state index in [0.717, 1.165) is 16.9 Å². The summed E-state index contributed by atoms with van der Waals surface area (Å²) in [7, 11) is 1.61. The molecule has 0 spiro atoms. The highest BCUT2D eigenvalue weighted by Gasteiger charge is 2.35. The van der Waals surface area contributed by atoms with Crippen molar-refractivity contribution < 1.29 is 13.9 Å². The fraction of sp³-hybridized carbons (Fsp3) is 0.211. The van der Waals surface area contributed by atoms with Gasteiger partial charge in [0.1, 0.15) is 11.6 Å². The van der Waals surface area contributed by atoms with Crippen LogP contribution in [0.2, 0.25) is 0 Å². The van der Waals surface area contributed by atoms with Crippen LogP contribution in [0.15, 0.2) is 58.7 Å². The van der Waals surface area contributed by atoms with E-state index in [1.54, 1.807) is 30.4 Å². The maximum Gasteiger partial charge on any atom is 0.242 e. The van der Waals surface area contributed by atoms with Gasteiger partial charge in [-0.3, -0.25) is 9.69 Å². The molecule has 0 unspecified atom stereocenters. The van der Waals surface area contributed by atoms with Gasteiger partial charge in [-0.15, -0.1) is 5.10 Å². The van der Waals surface area contributed by atoms with Gasteiger partial charge in [-0.25, -0.2) is 4.39 Å². The molecule has 1 heterocycles. The standard InChI is InChI=1S/C19H18FN3O2S/c1-13-18(24)23(12-15-3-7-16(20)8-4-15)19(26-13)22-21-11-14-5-9-17(25-2)10-6-14/h3-11,13H,12H2,1-2H3/b21-11-,22-19+/t13-/m0/s1. The molecule has 0 aliphatic carbocycles. The molecule has 1 amide bonds. The number of carbonyl (C=O) groups is 1. The average Bonchev–Trinajstić information content (AvgIpc) is 2.92. The summed E-state index contributed by atoms with van der Waals surface area (Å²) in [5.74, 6) is 0.435. The maximum atomic E-state index is 13.1. The molecule has 0 N–H and O–H groups in total. The highest BCUT2D eigenvalue weighted by atomic mass is 32.2. The van der Waals surface area contributed by atoms with Gasteiger partial charge < -0.3 is 4.74 Å². The van der Waals surface area contributed by atoms with Crippen LogP contribution in [0.25, 0.3) is 0 Å². The number of ether oxygens (including phenoxy) is 1. The van der Waals surface area contributed by atoms with E-state index in [9.17, 15) is 9.18 Å². The number of thioether (sulfide) groups is 1. The highest BCUT2D eigenvalue weighted by Crippen LogP contribution is 2.28. The van der Waals surface area contributed by atoms with Gasteiger partial charge in [0.25, 0.3) is 0 Å². The zero-order valence-electron chi connectivity index (χ0n) is 14.4. The Hall–Kier alpha value is -2.67. The van der Waals surface area contributed by atoms with Gasteiger partial charge in [0, 0.05) is 0 Å². The Morgan fingerprint density at radius 1 is 1.19 bits per heavy atom. The van der Waals surface area contributed by atoms with E-state index in [1.165, 1.54) is 23.9 Å². The Kier molecular flexibility index (Phi) is 5.68. The lowest BCUT2D eigenvalue weighted by Crippen LogP contribution is -2.30. The molecule has 134 valence electrons. The lowest BCUT2D eigenvalue weighted by molar-refractivity contribution is -0.126. The summed E-state index contributed by atoms with van der Waals surface area (Å²) in [6.45, 7) is 2.17. The second kappa shape index (κ2) is 8.14. The third kappa shape index (κ3) is 4.29. The molecule has 0 aromatic heterocycles. The third-order valence-corrected chi connectivity index (χ3v) is 4.91. The smallest absolute Gasteiger partial charge is 0.242 e. The van der Waals surface area contributed by atoms with E-state index in [-0.39, 0.29) is 17.0 Å². The Balaban J connectivity index is 1.74. The molecule has 5 nitrogen and oxygen atoms in total. The lowest BCUT2D eigenvalue weighted by Gasteiger charge is -2.15. The monoisotopic (exact) mass is 371 g/mol. The van der Waals surface area contributed by atoms with Gasteiger partial charge in [-0.05, 0) is 54.4 Å². The summed E-state index contributed by atoms with van der Waals surface area (Å²) in [5, 5.41) is 8.63. The molecule has 1 fully saturated rings. The molecule has 3 rings (SSSR count). The first-order valence-electron chi connectivity index (χ1n) is 8.04. The molecular weight excluding hydrogens is 353 g/mol. The first-order chi connectivity index (χ1) is 12.6. The molecule has 2 aromatic rings. The van der Waals surface area contributed by atoms with E-state index >= 15 is 0 Å². The zero-order chi connectivity index (χ0) is 18.5. The van der Waals surface area contributed by atoms with E-state index in [2.05, 4.69) is 10.2 Å². The number of hydrogen-bond donors (Lipinski definition) is 0. The minimum absolute atomic E-state index is 0.0299. The van der Waals surface area contributed by atoms with Crippen LogP contribution in [0.5, 0.6) is 5.75 Å². The molecule has 26 heavy (non-hydrogen) atoms. The first kappa shape index (κ1) is 18.1. The molecule has 1 aliphatic rings. The number of rotatable bonds is 5. The Bertz CT molecular complexity index is 835. The number of halogens is 1. The third-order valence-electron chi connectivity index (χ3n) is 3.85. The number of amides is 1. The summed E-state index contributed by atoms with van der Waals surface area (Å²) in [6.07, 6.45) is 1.62. The topological polar surface area (TPSA) is 54.3 Å². The number of hydrogen-bond acceptors (Lipinski definition) is 5. The summed E-state index contributed by atoms with van der Waals surface area (Å²) in [5.41, 5.74) is 1.71. The minimum atomic E-state index is -0.303. The van der Waals surface area contributed by atoms with Crippen LogP contribution < -0.4 is 4.74 Å². The second-order valence-electron chi connectivity index (χ2n) is 5.71. The number of benzene rings is 2. The quantitative estimate of drug-likeness (QED) is 0.595. The SMILES string of the molecule is COc1ccc(/C=N\N=C2\S[C@@H](C)C(=O)N2Cc2ccc(F)cc2)cc1. The molecule has 2 aromatic carbocycles. The van der Waals surface area contributed by atoms with Crippen molar-refractivity contribution in [3.05, 3.63) is 65.5 Å². The highest BCUT2D eigenvalue weighted by molar-refractivity contribution is 8.15. The first-order valence-corrected chi connectivity index (χ1v) is 8.92. The summed E-state index contributed by atoms with van der Waals surface area (Å²) < 4.78 is 18.2. The van der Waals surface area contributed by atoms with Crippen LogP contribution in [0.4, 0.5) is 4.39 Å². The van der Waals surface area contributed by atoms with Crippen molar-refractivity contribution in [2.24, 2.45) is 10.2 Å². The van der Waals surface area contributed by atoms with Crippen molar-refractivity contribution in [1.29, 1.82) is 0 Å². The Labute approximate surface area is 155 Å². The summed E-state index contributed by atoms with van der Waals surface area (Å²) >= 11 is 1.36. The molecule has 0 saturated carbocycles. The van der Waals surface area contributed by atoms with Crippen molar-refractivity contribution in [2.75, 3.05) is 7.11 Å². The predicted octanol–water partition coefficient (Wildman–Crippen LogP) is 3.69. The molecular formula is C19H18FN3O2S. The largest absolute Gasteiger partial charge is 0.497 e. The lowest BCUT2D eigenvalue weighted by atomic mass is 10.2. The van der Waals surface area contributed by atoms with E-state index < -0.39 is 0 Å². The Morgan fingerprint density at radius 3 is 2.54 bits per heavy atom. The van der Waals surface area contributed by atoms with E-state index in [4.69, 9.17) is 4.74 Å². The van der Waals surface area contributed by atoms with Crippen LogP contribution in [0, 0.1) is 5.82 Å². The van der Waals surface area contributed by atoms with Crippen molar-refractivity contribution in [2.45, 2.75) is 18.7 Å². The normalized spacial score (nSPS) is 18.9. The molecule has 1 saturated heterocycles. The van der Waals surface area contributed by atoms with Gasteiger partial charge in [0.05, 0.1) is 25.1 Å². The predicted molar refractivity (Wildman–Crippen MR) is 102 cm³/mol. The van der Waals surface area contributed by atoms with E-state index in [1.807, 2.05) is 31.2 Å². The van der Waals surface area contributed by atoms with Crippen LogP contribution in [-0.4, -0.2) is 34.5 Å². The minimum Gasteiger partial charge on any atom is -0.497 e. The van der Waals surface area contributed by atoms with Crippen LogP contribution >= 0.6 is 11.8 Å². The van der Waals surface area contributed by atoms with Gasteiger partial charge >= 0.3 is 0 Å². The molecule has 1 atom stereocenters. The fourth-order valence-electron chi connectivity index (χ4n) is 2.42. The number of amidine groups is 1. The van der Waals surface area contributed by atoms with Crippen molar-refractivity contribution >= 4 is 29.1 Å². The number of carbonyl (C=O) groups excluding carboxylic acids is 1. The van der Waals surface area contributed by atoms with Crippen molar-refractivity contribution in [3.8, 4) is 5.75 Å². The fourth-order valence-corrected chi connectivity index (χ4v) is 3.34. The maximum absolute atomic E-state index is 13.1. The Morgan fingerprint density at radius 2 is 1.88 bits per heavy atom. The zero-order valence-corrected chi connectivity index (χ0v) is 15.2. The van der Waals surface area contributed by atoms with Crippen molar-refractivity contribution in [3.63, 3.8) is 0 Å². The van der Waals surface area contributed by atoms with Gasteiger partial charge in [0.15, 0.2) is 5.17 Å². The molecule has 7 heteroatoms. The van der Waals surface area contributed by atoms with E-state index in [0.29, 0.717) is 11.7 Å². The van der Waals surface area contributed by atoms with Crippen LogP contribution in [0.3, 0.4) is 0 Å². The number of methoxy groups -OCH3 is 1. The summed E-state index contributed by atoms with van der Waals surface area (Å²) in [4.78, 5) is 14.0. The van der Waals surface area contributed by atoms with Crippen LogP contribution in [-0.2, 0) is 11.3 Å². The second-order valence-corrected chi connectivity index (χ2v) is 7.02. The summed E-state index contributed by atoms with van der Waals surface area (Å²) in [6, 6.07) is 13.5. The average molecular weight is 371 g/mol. The van der Waals surface area contributed by atoms with Gasteiger partial charge in [0.2, 0.25) is 5.91 Å². The van der Waals surface area contributed by atoms with Crippen molar-refractivity contribution in [1.82, 2.24) is 4.90 Å². The number of nitrogens with zero attached hydrogens (tertiary/aromatic N) is 3. The van der Waals surface area contributed by atoms with Crippen LogP contribution in [0.1, 0.15) is 18.1 Å². The molecule has 0 bridgehead atoms. The van der Waals surface area contributed by atoms with Gasteiger partial charge in [-0.2, -0.15) is 5.10 Å². The van der Waals surface area contributed by atoms with Gasteiger partial charge in [-0.1, -0.05) is 23.9 Å².